The van der Waals surface area contributed by atoms with Crippen LogP contribution in [0.4, 0.5) is 11.9 Å². The number of nitrogen functional groups attached to an aromatic ring is 1. The molecule has 0 bridgehead atoms. The summed E-state index contributed by atoms with van der Waals surface area (Å²) < 4.78 is 12.9. The van der Waals surface area contributed by atoms with Crippen LogP contribution in [-0.4, -0.2) is 63.7 Å². The van der Waals surface area contributed by atoms with Gasteiger partial charge in [0, 0.05) is 25.5 Å². The molecular weight excluding hydrogens is 438 g/mol. The molecular formula is C23H29N7O4. The van der Waals surface area contributed by atoms with E-state index in [0.29, 0.717) is 35.6 Å². The third kappa shape index (κ3) is 4.93. The lowest BCUT2D eigenvalue weighted by Gasteiger charge is -2.17. The van der Waals surface area contributed by atoms with E-state index in [9.17, 15) is 9.59 Å². The van der Waals surface area contributed by atoms with E-state index in [1.54, 1.807) is 19.1 Å². The number of nitrogens with zero attached hydrogens (tertiary/aromatic N) is 5. The van der Waals surface area contributed by atoms with Crippen LogP contribution in [-0.2, 0) is 6.54 Å². The van der Waals surface area contributed by atoms with Gasteiger partial charge in [0.15, 0.2) is 11.5 Å². The number of carbonyl (C=O) groups is 1. The van der Waals surface area contributed by atoms with Crippen LogP contribution < -0.4 is 26.1 Å². The van der Waals surface area contributed by atoms with E-state index in [0.717, 1.165) is 26.1 Å². The van der Waals surface area contributed by atoms with Crippen LogP contribution in [0.1, 0.15) is 36.5 Å². The SMILES string of the molecule is CCn1c(NC(=O)c2cnc(N)nc2)nc2c(OC)c(OCCCN3CCCC3)ccc2c1=O. The van der Waals surface area contributed by atoms with Crippen molar-refractivity contribution in [3.8, 4) is 11.5 Å². The Balaban J connectivity index is 1.61. The number of ether oxygens (including phenoxy) is 2. The Morgan fingerprint density at radius 1 is 1.21 bits per heavy atom. The molecule has 180 valence electrons. The Bertz CT molecular complexity index is 1220. The molecule has 34 heavy (non-hydrogen) atoms. The maximum absolute atomic E-state index is 13.2. The van der Waals surface area contributed by atoms with E-state index >= 15 is 0 Å². The lowest BCUT2D eigenvalue weighted by atomic mass is 10.2. The second-order valence-corrected chi connectivity index (χ2v) is 8.01. The van der Waals surface area contributed by atoms with Crippen molar-refractivity contribution in [3.05, 3.63) is 40.4 Å². The van der Waals surface area contributed by atoms with Crippen molar-refractivity contribution in [2.75, 3.05) is 44.4 Å². The Morgan fingerprint density at radius 2 is 1.94 bits per heavy atom. The highest BCUT2D eigenvalue weighted by Gasteiger charge is 2.19. The van der Waals surface area contributed by atoms with Crippen LogP contribution in [0, 0.1) is 0 Å². The molecule has 2 aromatic heterocycles. The molecule has 3 aromatic rings. The van der Waals surface area contributed by atoms with Crippen molar-refractivity contribution >= 4 is 28.7 Å². The third-order valence-electron chi connectivity index (χ3n) is 5.80. The lowest BCUT2D eigenvalue weighted by molar-refractivity contribution is 0.102. The van der Waals surface area contributed by atoms with E-state index in [1.807, 2.05) is 0 Å². The summed E-state index contributed by atoms with van der Waals surface area (Å²) in [5.74, 6) is 0.490. The number of nitrogens with two attached hydrogens (primary N) is 1. The normalized spacial score (nSPS) is 13.8. The maximum Gasteiger partial charge on any atom is 0.262 e. The molecule has 1 aromatic carbocycles. The number of carbonyl (C=O) groups excluding carboxylic acids is 1. The number of aromatic nitrogens is 4. The van der Waals surface area contributed by atoms with Crippen LogP contribution in [0.5, 0.6) is 11.5 Å². The molecule has 3 N–H and O–H groups in total. The number of anilines is 2. The zero-order valence-corrected chi connectivity index (χ0v) is 19.4. The fourth-order valence-corrected chi connectivity index (χ4v) is 4.05. The van der Waals surface area contributed by atoms with E-state index in [4.69, 9.17) is 15.2 Å². The molecule has 4 rings (SSSR count). The maximum atomic E-state index is 13.2. The quantitative estimate of drug-likeness (QED) is 0.452. The lowest BCUT2D eigenvalue weighted by Crippen LogP contribution is -2.27. The topological polar surface area (TPSA) is 137 Å². The fourth-order valence-electron chi connectivity index (χ4n) is 4.05. The standard InChI is InChI=1S/C23H29N7O4/c1-3-30-21(32)16-7-8-17(34-12-6-11-29-9-4-5-10-29)19(33-2)18(16)27-23(30)28-20(31)15-13-25-22(24)26-14-15/h7-8,13-14H,3-6,9-12H2,1-2H3,(H2,24,25,26)(H,27,28,31). The number of benzene rings is 1. The van der Waals surface area contributed by atoms with Crippen molar-refractivity contribution in [2.45, 2.75) is 32.7 Å². The molecule has 0 spiro atoms. The van der Waals surface area contributed by atoms with Crippen LogP contribution in [0.25, 0.3) is 10.9 Å². The van der Waals surface area contributed by atoms with Crippen LogP contribution in [0.2, 0.25) is 0 Å². The molecule has 1 saturated heterocycles. The van der Waals surface area contributed by atoms with Gasteiger partial charge in [-0.05, 0) is 51.4 Å². The third-order valence-corrected chi connectivity index (χ3v) is 5.80. The number of amides is 1. The molecule has 11 heteroatoms. The highest BCUT2D eigenvalue weighted by atomic mass is 16.5. The van der Waals surface area contributed by atoms with Gasteiger partial charge >= 0.3 is 0 Å². The van der Waals surface area contributed by atoms with Crippen molar-refractivity contribution in [3.63, 3.8) is 0 Å². The minimum Gasteiger partial charge on any atom is -0.491 e. The Hall–Kier alpha value is -3.73. The summed E-state index contributed by atoms with van der Waals surface area (Å²) in [6, 6.07) is 3.40. The van der Waals surface area contributed by atoms with Gasteiger partial charge in [-0.25, -0.2) is 15.0 Å². The minimum atomic E-state index is -0.512. The average Bonchev–Trinajstić information content (AvgIpc) is 3.36. The van der Waals surface area contributed by atoms with Crippen LogP contribution >= 0.6 is 0 Å². The largest absolute Gasteiger partial charge is 0.491 e. The number of likely N-dealkylation sites (tertiary alicyclic amines) is 1. The van der Waals surface area contributed by atoms with Gasteiger partial charge < -0.3 is 20.1 Å². The number of methoxy groups -OCH3 is 1. The number of rotatable bonds is 9. The predicted molar refractivity (Wildman–Crippen MR) is 128 cm³/mol. The van der Waals surface area contributed by atoms with E-state index in [1.165, 1.54) is 36.9 Å². The minimum absolute atomic E-state index is 0.0588. The summed E-state index contributed by atoms with van der Waals surface area (Å²) in [7, 11) is 1.50. The summed E-state index contributed by atoms with van der Waals surface area (Å²) in [5, 5.41) is 3.05. The summed E-state index contributed by atoms with van der Waals surface area (Å²) in [6.45, 7) is 5.90. The zero-order valence-electron chi connectivity index (χ0n) is 19.4. The van der Waals surface area contributed by atoms with Gasteiger partial charge in [-0.3, -0.25) is 19.5 Å². The van der Waals surface area contributed by atoms with Crippen LogP contribution in [0.15, 0.2) is 29.3 Å². The van der Waals surface area contributed by atoms with Gasteiger partial charge in [-0.2, -0.15) is 0 Å². The van der Waals surface area contributed by atoms with E-state index < -0.39 is 5.91 Å². The smallest absolute Gasteiger partial charge is 0.262 e. The van der Waals surface area contributed by atoms with Gasteiger partial charge in [0.25, 0.3) is 11.5 Å². The van der Waals surface area contributed by atoms with Gasteiger partial charge in [-0.1, -0.05) is 0 Å². The summed E-state index contributed by atoms with van der Waals surface area (Å²) in [6.07, 6.45) is 6.01. The number of hydrogen-bond donors (Lipinski definition) is 2. The van der Waals surface area contributed by atoms with E-state index in [-0.39, 0.29) is 23.0 Å². The zero-order chi connectivity index (χ0) is 24.1. The Kier molecular flexibility index (Phi) is 7.21. The molecule has 11 nitrogen and oxygen atoms in total. The van der Waals surface area contributed by atoms with Crippen molar-refractivity contribution in [1.82, 2.24) is 24.4 Å². The molecule has 3 heterocycles. The summed E-state index contributed by atoms with van der Waals surface area (Å²) in [4.78, 5) is 40.5. The fraction of sp³-hybridized carbons (Fsp3) is 0.435. The summed E-state index contributed by atoms with van der Waals surface area (Å²) in [5.41, 5.74) is 5.70. The van der Waals surface area contributed by atoms with Crippen molar-refractivity contribution in [2.24, 2.45) is 0 Å². The molecule has 1 aliphatic rings. The molecule has 0 unspecified atom stereocenters. The first-order valence-electron chi connectivity index (χ1n) is 11.4. The summed E-state index contributed by atoms with van der Waals surface area (Å²) >= 11 is 0. The molecule has 0 saturated carbocycles. The molecule has 1 aliphatic heterocycles. The first-order chi connectivity index (χ1) is 16.5. The predicted octanol–water partition coefficient (Wildman–Crippen LogP) is 1.91. The van der Waals surface area contributed by atoms with Gasteiger partial charge in [-0.15, -0.1) is 0 Å². The first-order valence-corrected chi connectivity index (χ1v) is 11.4. The van der Waals surface area contributed by atoms with E-state index in [2.05, 4.69) is 25.2 Å². The van der Waals surface area contributed by atoms with Crippen molar-refractivity contribution in [1.29, 1.82) is 0 Å². The van der Waals surface area contributed by atoms with Crippen molar-refractivity contribution < 1.29 is 14.3 Å². The number of nitrogens with one attached hydrogen (secondary N) is 1. The molecule has 0 aliphatic carbocycles. The highest BCUT2D eigenvalue weighted by molar-refractivity contribution is 6.03. The molecule has 0 radical (unpaired) electrons. The molecule has 1 amide bonds. The number of hydrogen-bond acceptors (Lipinski definition) is 9. The molecule has 1 fully saturated rings. The molecule has 0 atom stereocenters. The van der Waals surface area contributed by atoms with Gasteiger partial charge in [0.2, 0.25) is 11.9 Å². The first kappa shape index (κ1) is 23.4. The second-order valence-electron chi connectivity index (χ2n) is 8.01. The Labute approximate surface area is 196 Å². The monoisotopic (exact) mass is 467 g/mol. The van der Waals surface area contributed by atoms with Gasteiger partial charge in [0.05, 0.1) is 24.7 Å². The highest BCUT2D eigenvalue weighted by Crippen LogP contribution is 2.34. The van der Waals surface area contributed by atoms with Crippen LogP contribution in [0.3, 0.4) is 0 Å². The Morgan fingerprint density at radius 3 is 2.62 bits per heavy atom. The van der Waals surface area contributed by atoms with Gasteiger partial charge in [0.1, 0.15) is 5.52 Å². The number of fused-ring (bicyclic) bond motifs is 1. The second kappa shape index (κ2) is 10.5. The average molecular weight is 468 g/mol.